The van der Waals surface area contributed by atoms with Crippen LogP contribution in [0.4, 0.5) is 0 Å². The summed E-state index contributed by atoms with van der Waals surface area (Å²) in [4.78, 5) is 0.314. The molecule has 108 valence electrons. The molecule has 2 aromatic carbocycles. The van der Waals surface area contributed by atoms with Crippen LogP contribution in [0, 0.1) is 11.3 Å². The Bertz CT molecular complexity index is 769. The zero-order valence-electron chi connectivity index (χ0n) is 12.1. The maximum Gasteiger partial charge on any atom is 0.182 e. The summed E-state index contributed by atoms with van der Waals surface area (Å²) in [6.07, 6.45) is 0. The Balaban J connectivity index is 2.27. The normalized spacial score (nSPS) is 11.3. The molecule has 3 nitrogen and oxygen atoms in total. The minimum absolute atomic E-state index is 0.0937. The van der Waals surface area contributed by atoms with Crippen LogP contribution < -0.4 is 0 Å². The first kappa shape index (κ1) is 15.3. The van der Waals surface area contributed by atoms with Crippen molar-refractivity contribution < 1.29 is 8.42 Å². The van der Waals surface area contributed by atoms with Gasteiger partial charge >= 0.3 is 0 Å². The van der Waals surface area contributed by atoms with Gasteiger partial charge in [-0.25, -0.2) is 8.42 Å². The number of nitriles is 1. The summed E-state index contributed by atoms with van der Waals surface area (Å²) >= 11 is 0. The fraction of sp³-hybridized carbons (Fsp3) is 0.235. The molecule has 0 saturated carbocycles. The Hall–Kier alpha value is -2.12. The molecule has 0 aliphatic heterocycles. The van der Waals surface area contributed by atoms with Crippen molar-refractivity contribution in [3.63, 3.8) is 0 Å². The Labute approximate surface area is 125 Å². The van der Waals surface area contributed by atoms with Crippen molar-refractivity contribution in [2.24, 2.45) is 0 Å². The number of rotatable bonds is 4. The lowest BCUT2D eigenvalue weighted by atomic mass is 10.0. The minimum atomic E-state index is -3.39. The molecule has 0 atom stereocenters. The quantitative estimate of drug-likeness (QED) is 0.865. The van der Waals surface area contributed by atoms with Crippen molar-refractivity contribution in [2.75, 3.05) is 0 Å². The van der Waals surface area contributed by atoms with Crippen molar-refractivity contribution >= 4 is 9.84 Å². The topological polar surface area (TPSA) is 57.9 Å². The first-order valence-electron chi connectivity index (χ1n) is 6.74. The molecule has 0 aliphatic carbocycles. The number of hydrogen-bond donors (Lipinski definition) is 0. The van der Waals surface area contributed by atoms with E-state index in [2.05, 4.69) is 13.8 Å². The first-order chi connectivity index (χ1) is 9.92. The van der Waals surface area contributed by atoms with Crippen LogP contribution in [0.2, 0.25) is 0 Å². The maximum absolute atomic E-state index is 12.4. The molecule has 0 aliphatic rings. The molecule has 4 heteroatoms. The molecule has 0 spiro atoms. The van der Waals surface area contributed by atoms with E-state index in [1.54, 1.807) is 36.4 Å². The monoisotopic (exact) mass is 299 g/mol. The molecule has 0 aromatic heterocycles. The number of hydrogen-bond acceptors (Lipinski definition) is 3. The summed E-state index contributed by atoms with van der Waals surface area (Å²) in [5.41, 5.74) is 2.21. The van der Waals surface area contributed by atoms with Crippen LogP contribution in [0.5, 0.6) is 0 Å². The third-order valence-electron chi connectivity index (χ3n) is 3.32. The van der Waals surface area contributed by atoms with E-state index < -0.39 is 9.84 Å². The largest absolute Gasteiger partial charge is 0.223 e. The van der Waals surface area contributed by atoms with Crippen molar-refractivity contribution in [3.8, 4) is 6.07 Å². The van der Waals surface area contributed by atoms with Gasteiger partial charge in [0.05, 0.1) is 22.3 Å². The molecule has 0 fully saturated rings. The lowest BCUT2D eigenvalue weighted by Gasteiger charge is -2.08. The second kappa shape index (κ2) is 6.11. The molecule has 0 amide bonds. The van der Waals surface area contributed by atoms with Crippen LogP contribution in [0.1, 0.15) is 36.5 Å². The van der Waals surface area contributed by atoms with E-state index in [1.807, 2.05) is 18.2 Å². The van der Waals surface area contributed by atoms with E-state index in [9.17, 15) is 8.42 Å². The molecule has 21 heavy (non-hydrogen) atoms. The van der Waals surface area contributed by atoms with Gasteiger partial charge in [-0.2, -0.15) is 5.26 Å². The van der Waals surface area contributed by atoms with E-state index in [-0.39, 0.29) is 5.75 Å². The molecule has 0 unspecified atom stereocenters. The van der Waals surface area contributed by atoms with Gasteiger partial charge in [0, 0.05) is 0 Å². The summed E-state index contributed by atoms with van der Waals surface area (Å²) in [6, 6.07) is 15.7. The smallest absolute Gasteiger partial charge is 0.182 e. The van der Waals surface area contributed by atoms with Crippen LogP contribution in [-0.4, -0.2) is 8.42 Å². The van der Waals surface area contributed by atoms with E-state index >= 15 is 0 Å². The summed E-state index contributed by atoms with van der Waals surface area (Å²) in [6.45, 7) is 4.13. The lowest BCUT2D eigenvalue weighted by molar-refractivity contribution is 0.595. The van der Waals surface area contributed by atoms with Gasteiger partial charge in [-0.3, -0.25) is 0 Å². The SMILES string of the molecule is CC(C)c1ccc(S(=O)(=O)Cc2cccc(C#N)c2)cc1. The highest BCUT2D eigenvalue weighted by atomic mass is 32.2. The zero-order chi connectivity index (χ0) is 15.5. The minimum Gasteiger partial charge on any atom is -0.223 e. The van der Waals surface area contributed by atoms with Crippen LogP contribution in [0.15, 0.2) is 53.4 Å². The molecule has 0 radical (unpaired) electrons. The molecule has 0 saturated heterocycles. The molecular formula is C17H17NO2S. The maximum atomic E-state index is 12.4. The van der Waals surface area contributed by atoms with E-state index in [1.165, 1.54) is 0 Å². The molecule has 2 aromatic rings. The van der Waals surface area contributed by atoms with Crippen LogP contribution in [0.25, 0.3) is 0 Å². The second-order valence-corrected chi connectivity index (χ2v) is 7.28. The van der Waals surface area contributed by atoms with Crippen molar-refractivity contribution in [3.05, 3.63) is 65.2 Å². The zero-order valence-corrected chi connectivity index (χ0v) is 12.9. The Morgan fingerprint density at radius 3 is 2.33 bits per heavy atom. The van der Waals surface area contributed by atoms with Crippen LogP contribution >= 0.6 is 0 Å². The van der Waals surface area contributed by atoms with E-state index in [0.29, 0.717) is 21.9 Å². The number of nitrogens with zero attached hydrogens (tertiary/aromatic N) is 1. The van der Waals surface area contributed by atoms with Gasteiger partial charge in [-0.1, -0.05) is 38.1 Å². The van der Waals surface area contributed by atoms with E-state index in [4.69, 9.17) is 5.26 Å². The molecule has 2 rings (SSSR count). The third-order valence-corrected chi connectivity index (χ3v) is 5.02. The van der Waals surface area contributed by atoms with E-state index in [0.717, 1.165) is 5.56 Å². The summed E-state index contributed by atoms with van der Waals surface area (Å²) in [5.74, 6) is 0.276. The van der Waals surface area contributed by atoms with Gasteiger partial charge in [0.25, 0.3) is 0 Å². The van der Waals surface area contributed by atoms with Gasteiger partial charge < -0.3 is 0 Å². The average Bonchev–Trinajstić information content (AvgIpc) is 2.47. The highest BCUT2D eigenvalue weighted by Crippen LogP contribution is 2.20. The predicted molar refractivity (Wildman–Crippen MR) is 82.6 cm³/mol. The van der Waals surface area contributed by atoms with Gasteiger partial charge in [0.15, 0.2) is 9.84 Å². The van der Waals surface area contributed by atoms with Gasteiger partial charge in [0.2, 0.25) is 0 Å². The Kier molecular flexibility index (Phi) is 4.44. The molecular weight excluding hydrogens is 282 g/mol. The summed E-state index contributed by atoms with van der Waals surface area (Å²) in [5, 5.41) is 8.86. The number of benzene rings is 2. The Morgan fingerprint density at radius 2 is 1.76 bits per heavy atom. The fourth-order valence-electron chi connectivity index (χ4n) is 2.09. The van der Waals surface area contributed by atoms with Crippen LogP contribution in [-0.2, 0) is 15.6 Å². The van der Waals surface area contributed by atoms with Crippen LogP contribution in [0.3, 0.4) is 0 Å². The lowest BCUT2D eigenvalue weighted by Crippen LogP contribution is -2.05. The van der Waals surface area contributed by atoms with Gasteiger partial charge in [0.1, 0.15) is 0 Å². The Morgan fingerprint density at radius 1 is 1.10 bits per heavy atom. The fourth-order valence-corrected chi connectivity index (χ4v) is 3.43. The summed E-state index contributed by atoms with van der Waals surface area (Å²) in [7, 11) is -3.39. The predicted octanol–water partition coefficient (Wildman–Crippen LogP) is 3.66. The molecule has 0 bridgehead atoms. The average molecular weight is 299 g/mol. The molecule has 0 heterocycles. The third kappa shape index (κ3) is 3.71. The van der Waals surface area contributed by atoms with Gasteiger partial charge in [-0.05, 0) is 41.3 Å². The molecule has 0 N–H and O–H groups in total. The second-order valence-electron chi connectivity index (χ2n) is 5.30. The number of sulfone groups is 1. The van der Waals surface area contributed by atoms with Crippen molar-refractivity contribution in [1.82, 2.24) is 0 Å². The summed E-state index contributed by atoms with van der Waals surface area (Å²) < 4.78 is 24.8. The van der Waals surface area contributed by atoms with Crippen molar-refractivity contribution in [1.29, 1.82) is 5.26 Å². The van der Waals surface area contributed by atoms with Gasteiger partial charge in [-0.15, -0.1) is 0 Å². The highest BCUT2D eigenvalue weighted by molar-refractivity contribution is 7.90. The first-order valence-corrected chi connectivity index (χ1v) is 8.39. The standard InChI is InChI=1S/C17H17NO2S/c1-13(2)16-6-8-17(9-7-16)21(19,20)12-15-5-3-4-14(10-15)11-18/h3-10,13H,12H2,1-2H3. The van der Waals surface area contributed by atoms with Crippen molar-refractivity contribution in [2.45, 2.75) is 30.4 Å². The highest BCUT2D eigenvalue weighted by Gasteiger charge is 2.15.